The first kappa shape index (κ1) is 10.3. The fraction of sp³-hybridized carbons (Fsp3) is 0.0714. The molecule has 0 saturated carbocycles. The summed E-state index contributed by atoms with van der Waals surface area (Å²) >= 11 is 0. The van der Waals surface area contributed by atoms with E-state index in [-0.39, 0.29) is 0 Å². The lowest BCUT2D eigenvalue weighted by Gasteiger charge is -2.08. The van der Waals surface area contributed by atoms with Crippen LogP contribution in [-0.4, -0.2) is 7.11 Å². The maximum Gasteiger partial charge on any atom is 0.126 e. The lowest BCUT2D eigenvalue weighted by molar-refractivity contribution is 0.416. The van der Waals surface area contributed by atoms with Crippen molar-refractivity contribution in [1.82, 2.24) is 0 Å². The van der Waals surface area contributed by atoms with Crippen LogP contribution in [0.15, 0.2) is 42.5 Å². The smallest absolute Gasteiger partial charge is 0.126 e. The van der Waals surface area contributed by atoms with Gasteiger partial charge in [0, 0.05) is 5.56 Å². The first-order valence-corrected chi connectivity index (χ1v) is 4.90. The minimum Gasteiger partial charge on any atom is -0.496 e. The lowest BCUT2D eigenvalue weighted by atomic mass is 10.0. The number of hydrogen-bond donors (Lipinski definition) is 0. The highest BCUT2D eigenvalue weighted by atomic mass is 16.5. The quantitative estimate of drug-likeness (QED) is 0.760. The van der Waals surface area contributed by atoms with Gasteiger partial charge in [-0.2, -0.15) is 5.26 Å². The summed E-state index contributed by atoms with van der Waals surface area (Å²) in [4.78, 5) is 0. The molecule has 0 atom stereocenters. The Kier molecular flexibility index (Phi) is 2.88. The average Bonchev–Trinajstić information content (AvgIpc) is 2.39. The van der Waals surface area contributed by atoms with Gasteiger partial charge in [0.15, 0.2) is 0 Å². The number of rotatable bonds is 2. The summed E-state index contributed by atoms with van der Waals surface area (Å²) in [6.07, 6.45) is 0. The van der Waals surface area contributed by atoms with E-state index in [1.807, 2.05) is 30.3 Å². The van der Waals surface area contributed by atoms with Gasteiger partial charge in [0.25, 0.3) is 0 Å². The molecule has 2 rings (SSSR count). The molecule has 0 aromatic heterocycles. The topological polar surface area (TPSA) is 33.0 Å². The van der Waals surface area contributed by atoms with Crippen molar-refractivity contribution in [3.63, 3.8) is 0 Å². The Balaban J connectivity index is 2.59. The molecule has 0 amide bonds. The van der Waals surface area contributed by atoms with Crippen molar-refractivity contribution >= 4 is 0 Å². The third-order valence-corrected chi connectivity index (χ3v) is 2.33. The third kappa shape index (κ3) is 1.89. The Morgan fingerprint density at radius 3 is 2.75 bits per heavy atom. The van der Waals surface area contributed by atoms with Crippen LogP contribution in [0, 0.1) is 17.4 Å². The standard InChI is InChI=1S/C14H10NO/c1-16-14-8-7-11(10-15)9-13(14)12-5-3-2-4-6-12/h2-5,7-9H,1H3. The Morgan fingerprint density at radius 1 is 1.25 bits per heavy atom. The minimum absolute atomic E-state index is 0.619. The van der Waals surface area contributed by atoms with Crippen molar-refractivity contribution in [2.45, 2.75) is 0 Å². The maximum absolute atomic E-state index is 8.87. The fourth-order valence-corrected chi connectivity index (χ4v) is 1.55. The van der Waals surface area contributed by atoms with E-state index in [1.165, 1.54) is 0 Å². The van der Waals surface area contributed by atoms with Crippen molar-refractivity contribution in [2.24, 2.45) is 0 Å². The second kappa shape index (κ2) is 4.50. The van der Waals surface area contributed by atoms with Crippen LogP contribution in [0.2, 0.25) is 0 Å². The van der Waals surface area contributed by atoms with Crippen molar-refractivity contribution < 1.29 is 4.74 Å². The van der Waals surface area contributed by atoms with Crippen LogP contribution >= 0.6 is 0 Å². The molecule has 2 heteroatoms. The number of ether oxygens (including phenoxy) is 1. The van der Waals surface area contributed by atoms with Crippen LogP contribution in [-0.2, 0) is 0 Å². The van der Waals surface area contributed by atoms with E-state index in [0.29, 0.717) is 5.56 Å². The highest BCUT2D eigenvalue weighted by Gasteiger charge is 2.06. The van der Waals surface area contributed by atoms with Crippen molar-refractivity contribution in [3.8, 4) is 22.9 Å². The Labute approximate surface area is 94.7 Å². The Bertz CT molecular complexity index is 526. The van der Waals surface area contributed by atoms with Gasteiger partial charge in [-0.25, -0.2) is 0 Å². The largest absolute Gasteiger partial charge is 0.496 e. The van der Waals surface area contributed by atoms with Crippen LogP contribution in [0.25, 0.3) is 11.1 Å². The van der Waals surface area contributed by atoms with E-state index in [4.69, 9.17) is 10.00 Å². The Morgan fingerprint density at radius 2 is 2.12 bits per heavy atom. The molecule has 2 aromatic carbocycles. The van der Waals surface area contributed by atoms with Gasteiger partial charge in [-0.05, 0) is 29.8 Å². The predicted molar refractivity (Wildman–Crippen MR) is 62.0 cm³/mol. The van der Waals surface area contributed by atoms with Gasteiger partial charge in [0.2, 0.25) is 0 Å². The molecular formula is C14H10NO. The molecular weight excluding hydrogens is 198 g/mol. The second-order valence-electron chi connectivity index (χ2n) is 3.30. The van der Waals surface area contributed by atoms with Gasteiger partial charge in [-0.3, -0.25) is 0 Å². The summed E-state index contributed by atoms with van der Waals surface area (Å²) in [5, 5.41) is 8.87. The number of benzene rings is 2. The SMILES string of the molecule is COc1ccc(C#N)cc1-c1[c]cccc1. The summed E-state index contributed by atoms with van der Waals surface area (Å²) in [5.41, 5.74) is 2.44. The summed E-state index contributed by atoms with van der Waals surface area (Å²) in [6, 6.07) is 18.2. The number of nitrogens with zero attached hydrogens (tertiary/aromatic N) is 1. The predicted octanol–water partition coefficient (Wildman–Crippen LogP) is 3.03. The van der Waals surface area contributed by atoms with E-state index in [9.17, 15) is 0 Å². The molecule has 0 fully saturated rings. The Hall–Kier alpha value is -2.27. The third-order valence-electron chi connectivity index (χ3n) is 2.33. The molecule has 1 radical (unpaired) electrons. The molecule has 2 aromatic rings. The number of nitriles is 1. The van der Waals surface area contributed by atoms with Gasteiger partial charge in [-0.1, -0.05) is 24.3 Å². The van der Waals surface area contributed by atoms with Gasteiger partial charge in [0.1, 0.15) is 5.75 Å². The van der Waals surface area contributed by atoms with E-state index in [1.54, 1.807) is 19.2 Å². The summed E-state index contributed by atoms with van der Waals surface area (Å²) in [7, 11) is 1.62. The molecule has 0 aliphatic carbocycles. The minimum atomic E-state index is 0.619. The van der Waals surface area contributed by atoms with Crippen LogP contribution < -0.4 is 4.74 Å². The molecule has 0 N–H and O–H groups in total. The molecule has 2 nitrogen and oxygen atoms in total. The lowest BCUT2D eigenvalue weighted by Crippen LogP contribution is -1.89. The molecule has 77 valence electrons. The fourth-order valence-electron chi connectivity index (χ4n) is 1.55. The monoisotopic (exact) mass is 208 g/mol. The zero-order chi connectivity index (χ0) is 11.4. The van der Waals surface area contributed by atoms with Crippen LogP contribution in [0.1, 0.15) is 5.56 Å². The van der Waals surface area contributed by atoms with Gasteiger partial charge < -0.3 is 4.74 Å². The van der Waals surface area contributed by atoms with Crippen LogP contribution in [0.5, 0.6) is 5.75 Å². The average molecular weight is 208 g/mol. The molecule has 16 heavy (non-hydrogen) atoms. The number of methoxy groups -OCH3 is 1. The van der Waals surface area contributed by atoms with Gasteiger partial charge >= 0.3 is 0 Å². The molecule has 0 heterocycles. The zero-order valence-electron chi connectivity index (χ0n) is 8.90. The van der Waals surface area contributed by atoms with Crippen molar-refractivity contribution in [3.05, 3.63) is 54.1 Å². The normalized spacial score (nSPS) is 9.50. The summed E-state index contributed by atoms with van der Waals surface area (Å²) < 4.78 is 5.27. The maximum atomic E-state index is 8.87. The van der Waals surface area contributed by atoms with Gasteiger partial charge in [0.05, 0.1) is 18.7 Å². The molecule has 0 unspecified atom stereocenters. The highest BCUT2D eigenvalue weighted by molar-refractivity contribution is 5.71. The summed E-state index contributed by atoms with van der Waals surface area (Å²) in [6.45, 7) is 0. The molecule has 0 spiro atoms. The molecule has 0 bridgehead atoms. The van der Waals surface area contributed by atoms with Crippen LogP contribution in [0.4, 0.5) is 0 Å². The second-order valence-corrected chi connectivity index (χ2v) is 3.30. The number of hydrogen-bond acceptors (Lipinski definition) is 2. The molecule has 0 aliphatic rings. The van der Waals surface area contributed by atoms with Crippen molar-refractivity contribution in [1.29, 1.82) is 5.26 Å². The van der Waals surface area contributed by atoms with Crippen molar-refractivity contribution in [2.75, 3.05) is 7.11 Å². The van der Waals surface area contributed by atoms with E-state index >= 15 is 0 Å². The highest BCUT2D eigenvalue weighted by Crippen LogP contribution is 2.30. The van der Waals surface area contributed by atoms with E-state index < -0.39 is 0 Å². The van der Waals surface area contributed by atoms with E-state index in [2.05, 4.69) is 12.1 Å². The molecule has 0 saturated heterocycles. The zero-order valence-corrected chi connectivity index (χ0v) is 8.90. The first-order valence-electron chi connectivity index (χ1n) is 4.90. The van der Waals surface area contributed by atoms with Gasteiger partial charge in [-0.15, -0.1) is 0 Å². The summed E-state index contributed by atoms with van der Waals surface area (Å²) in [5.74, 6) is 0.751. The van der Waals surface area contributed by atoms with E-state index in [0.717, 1.165) is 16.9 Å². The first-order chi connectivity index (χ1) is 7.85. The molecule has 0 aliphatic heterocycles. The van der Waals surface area contributed by atoms with Crippen LogP contribution in [0.3, 0.4) is 0 Å².